The Morgan fingerprint density at radius 1 is 1.67 bits per heavy atom. The van der Waals surface area contributed by atoms with Gasteiger partial charge in [-0.2, -0.15) is 0 Å². The van der Waals surface area contributed by atoms with Gasteiger partial charge in [0.2, 0.25) is 0 Å². The summed E-state index contributed by atoms with van der Waals surface area (Å²) in [6, 6.07) is 1.68. The first kappa shape index (κ1) is 16.0. The maximum atomic E-state index is 11.8. The molecule has 1 unspecified atom stereocenters. The minimum Gasteiger partial charge on any atom is -0.466 e. The smallest absolute Gasteiger partial charge is 0.311 e. The Balaban J connectivity index is 2.74. The van der Waals surface area contributed by atoms with Gasteiger partial charge in [-0.05, 0) is 49.2 Å². The highest BCUT2D eigenvalue weighted by molar-refractivity contribution is 9.10. The summed E-state index contributed by atoms with van der Waals surface area (Å²) in [5, 5.41) is 0. The Morgan fingerprint density at radius 3 is 2.72 bits per heavy atom. The molecule has 1 atom stereocenters. The van der Waals surface area contributed by atoms with Crippen LogP contribution in [0.1, 0.15) is 38.1 Å². The van der Waals surface area contributed by atoms with Crippen LogP contribution in [0.25, 0.3) is 0 Å². The van der Waals surface area contributed by atoms with Crippen molar-refractivity contribution in [3.63, 3.8) is 0 Å². The zero-order chi connectivity index (χ0) is 13.9. The quantitative estimate of drug-likeness (QED) is 0.808. The average Bonchev–Trinajstić information content (AvgIpc) is 2.59. The molecule has 0 saturated carbocycles. The van der Waals surface area contributed by atoms with E-state index in [1.807, 2.05) is 19.9 Å². The van der Waals surface area contributed by atoms with Crippen LogP contribution in [0.3, 0.4) is 0 Å². The third-order valence-corrected chi connectivity index (χ3v) is 5.19. The summed E-state index contributed by atoms with van der Waals surface area (Å²) in [7, 11) is 0. The van der Waals surface area contributed by atoms with Gasteiger partial charge in [-0.1, -0.05) is 11.6 Å². The van der Waals surface area contributed by atoms with Crippen molar-refractivity contribution < 1.29 is 9.53 Å². The molecular weight excluding hydrogens is 338 g/mol. The van der Waals surface area contributed by atoms with Crippen LogP contribution < -0.4 is 5.73 Å². The van der Waals surface area contributed by atoms with E-state index in [-0.39, 0.29) is 12.0 Å². The van der Waals surface area contributed by atoms with Gasteiger partial charge < -0.3 is 10.5 Å². The van der Waals surface area contributed by atoms with Gasteiger partial charge in [0.25, 0.3) is 0 Å². The van der Waals surface area contributed by atoms with Gasteiger partial charge in [0.05, 0.1) is 12.0 Å². The first-order valence-corrected chi connectivity index (χ1v) is 7.64. The zero-order valence-electron chi connectivity index (χ0n) is 10.6. The van der Waals surface area contributed by atoms with E-state index < -0.39 is 5.41 Å². The molecule has 0 radical (unpaired) electrons. The van der Waals surface area contributed by atoms with E-state index in [1.54, 1.807) is 6.92 Å². The van der Waals surface area contributed by atoms with Crippen LogP contribution >= 0.6 is 38.9 Å². The van der Waals surface area contributed by atoms with Crippen molar-refractivity contribution in [3.8, 4) is 0 Å². The molecule has 0 aliphatic carbocycles. The number of hydrogen-bond acceptors (Lipinski definition) is 4. The second kappa shape index (κ2) is 6.37. The number of carbonyl (C=O) groups excluding carboxylic acids is 1. The normalized spacial score (nSPS) is 13.4. The highest BCUT2D eigenvalue weighted by Gasteiger charge is 2.32. The van der Waals surface area contributed by atoms with Gasteiger partial charge in [-0.25, -0.2) is 0 Å². The third kappa shape index (κ3) is 3.95. The molecule has 0 saturated heterocycles. The first-order valence-electron chi connectivity index (χ1n) is 5.65. The van der Waals surface area contributed by atoms with Crippen LogP contribution in [0.15, 0.2) is 10.5 Å². The summed E-state index contributed by atoms with van der Waals surface area (Å²) < 4.78 is 6.56. The van der Waals surface area contributed by atoms with Gasteiger partial charge in [-0.3, -0.25) is 4.79 Å². The molecule has 0 fully saturated rings. The van der Waals surface area contributed by atoms with Crippen LogP contribution in [-0.4, -0.2) is 12.6 Å². The van der Waals surface area contributed by atoms with Crippen LogP contribution in [-0.2, 0) is 9.53 Å². The monoisotopic (exact) mass is 353 g/mol. The molecule has 1 heterocycles. The molecule has 6 heteroatoms. The summed E-state index contributed by atoms with van der Waals surface area (Å²) >= 11 is 10.8. The fraction of sp³-hybridized carbons (Fsp3) is 0.583. The maximum absolute atomic E-state index is 11.8. The average molecular weight is 355 g/mol. The number of rotatable bonds is 5. The Hall–Kier alpha value is -0.100. The molecule has 0 aliphatic rings. The Bertz CT molecular complexity index is 414. The minimum absolute atomic E-state index is 0.220. The molecule has 0 spiro atoms. The topological polar surface area (TPSA) is 52.3 Å². The highest BCUT2D eigenvalue weighted by atomic mass is 79.9. The lowest BCUT2D eigenvalue weighted by atomic mass is 9.85. The van der Waals surface area contributed by atoms with Crippen molar-refractivity contribution in [2.24, 2.45) is 11.1 Å². The summed E-state index contributed by atoms with van der Waals surface area (Å²) in [5.74, 6) is -0.220. The van der Waals surface area contributed by atoms with E-state index in [4.69, 9.17) is 22.1 Å². The van der Waals surface area contributed by atoms with Crippen molar-refractivity contribution in [2.45, 2.75) is 33.2 Å². The number of nitrogens with two attached hydrogens (primary N) is 1. The van der Waals surface area contributed by atoms with Crippen molar-refractivity contribution in [1.82, 2.24) is 0 Å². The van der Waals surface area contributed by atoms with E-state index in [0.717, 1.165) is 9.35 Å². The Morgan fingerprint density at radius 2 is 2.28 bits per heavy atom. The Kier molecular flexibility index (Phi) is 5.65. The van der Waals surface area contributed by atoms with Crippen LogP contribution in [0, 0.1) is 5.41 Å². The maximum Gasteiger partial charge on any atom is 0.311 e. The molecular formula is C12H17BrClNO2S. The van der Waals surface area contributed by atoms with E-state index in [9.17, 15) is 4.79 Å². The number of esters is 1. The van der Waals surface area contributed by atoms with Gasteiger partial charge in [0, 0.05) is 15.4 Å². The molecule has 102 valence electrons. The lowest BCUT2D eigenvalue weighted by Crippen LogP contribution is -2.30. The van der Waals surface area contributed by atoms with Crippen LogP contribution in [0.5, 0.6) is 0 Å². The second-order valence-corrected chi connectivity index (χ2v) is 7.23. The van der Waals surface area contributed by atoms with Crippen LogP contribution in [0.4, 0.5) is 0 Å². The standard InChI is InChI=1S/C12H17BrClNO2S/c1-4-17-11(16)12(2,3)6-8(15)9-5-7(13)10(14)18-9/h5,8H,4,6,15H2,1-3H3. The van der Waals surface area contributed by atoms with Gasteiger partial charge in [-0.15, -0.1) is 11.3 Å². The predicted molar refractivity (Wildman–Crippen MR) is 79.0 cm³/mol. The molecule has 18 heavy (non-hydrogen) atoms. The number of hydrogen-bond donors (Lipinski definition) is 1. The van der Waals surface area contributed by atoms with E-state index >= 15 is 0 Å². The van der Waals surface area contributed by atoms with E-state index in [1.165, 1.54) is 11.3 Å². The van der Waals surface area contributed by atoms with Gasteiger partial charge in [0.1, 0.15) is 4.34 Å². The number of thiophene rings is 1. The summed E-state index contributed by atoms with van der Waals surface area (Å²) in [5.41, 5.74) is 5.52. The lowest BCUT2D eigenvalue weighted by Gasteiger charge is -2.25. The number of carbonyl (C=O) groups is 1. The Labute approximate surface area is 125 Å². The highest BCUT2D eigenvalue weighted by Crippen LogP contribution is 2.38. The van der Waals surface area contributed by atoms with E-state index in [0.29, 0.717) is 17.4 Å². The number of ether oxygens (including phenoxy) is 1. The third-order valence-electron chi connectivity index (χ3n) is 2.59. The van der Waals surface area contributed by atoms with Crippen LogP contribution in [0.2, 0.25) is 4.34 Å². The molecule has 0 bridgehead atoms. The molecule has 0 aromatic carbocycles. The van der Waals surface area contributed by atoms with Gasteiger partial charge >= 0.3 is 5.97 Å². The lowest BCUT2D eigenvalue weighted by molar-refractivity contribution is -0.154. The first-order chi connectivity index (χ1) is 8.27. The summed E-state index contributed by atoms with van der Waals surface area (Å²) in [6.45, 7) is 5.86. The van der Waals surface area contributed by atoms with Crippen molar-refractivity contribution in [1.29, 1.82) is 0 Å². The van der Waals surface area contributed by atoms with Crippen molar-refractivity contribution >= 4 is 44.8 Å². The summed E-state index contributed by atoms with van der Waals surface area (Å²) in [6.07, 6.45) is 0.523. The zero-order valence-corrected chi connectivity index (χ0v) is 13.8. The molecule has 1 rings (SSSR count). The predicted octanol–water partition coefficient (Wildman–Crippen LogP) is 4.14. The number of halogens is 2. The van der Waals surface area contributed by atoms with Crippen molar-refractivity contribution in [2.75, 3.05) is 6.61 Å². The SMILES string of the molecule is CCOC(=O)C(C)(C)CC(N)c1cc(Br)c(Cl)s1. The molecule has 3 nitrogen and oxygen atoms in total. The van der Waals surface area contributed by atoms with Gasteiger partial charge in [0.15, 0.2) is 0 Å². The fourth-order valence-electron chi connectivity index (χ4n) is 1.61. The van der Waals surface area contributed by atoms with E-state index in [2.05, 4.69) is 15.9 Å². The molecule has 0 aliphatic heterocycles. The molecule has 1 aromatic heterocycles. The minimum atomic E-state index is -0.599. The van der Waals surface area contributed by atoms with Crippen molar-refractivity contribution in [3.05, 3.63) is 19.8 Å². The fourth-order valence-corrected chi connectivity index (χ4v) is 3.34. The molecule has 0 amide bonds. The summed E-state index contributed by atoms with van der Waals surface area (Å²) in [4.78, 5) is 12.8. The second-order valence-electron chi connectivity index (χ2n) is 4.69. The largest absolute Gasteiger partial charge is 0.466 e. The molecule has 2 N–H and O–H groups in total. The molecule has 1 aromatic rings.